The second kappa shape index (κ2) is 12.5. The lowest BCUT2D eigenvalue weighted by molar-refractivity contribution is -0.968. The molecule has 7 nitrogen and oxygen atoms in total. The molecule has 0 aromatic carbocycles. The molecule has 27 heavy (non-hydrogen) atoms. The van der Waals surface area contributed by atoms with Crippen LogP contribution in [0, 0.1) is 0 Å². The molecule has 0 aliphatic carbocycles. The Morgan fingerprint density at radius 1 is 0.741 bits per heavy atom. The van der Waals surface area contributed by atoms with Crippen molar-refractivity contribution in [1.82, 2.24) is 0 Å². The Kier molecular flexibility index (Phi) is 11.6. The molecule has 0 aliphatic rings. The van der Waals surface area contributed by atoms with E-state index in [0.29, 0.717) is 12.8 Å². The van der Waals surface area contributed by atoms with Crippen LogP contribution in [0.25, 0.3) is 0 Å². The molecule has 0 radical (unpaired) electrons. The first-order valence-electron chi connectivity index (χ1n) is 9.83. The van der Waals surface area contributed by atoms with E-state index < -0.39 is 40.5 Å². The molecule has 0 heterocycles. The van der Waals surface area contributed by atoms with Gasteiger partial charge in [-0.3, -0.25) is 4.48 Å². The number of unbranched alkanes of at least 4 members (excludes halogenated alkanes) is 5. The average Bonchev–Trinajstić information content (AvgIpc) is 2.61. The molecular weight excluding hydrogens is 350 g/mol. The molecule has 156 valence electrons. The number of carboxylic acid groups (broad SMARTS) is 3. The normalized spacial score (nSPS) is 17.2. The van der Waals surface area contributed by atoms with Crippen molar-refractivity contribution in [2.75, 3.05) is 6.54 Å². The van der Waals surface area contributed by atoms with Crippen LogP contribution in [0.5, 0.6) is 0 Å². The van der Waals surface area contributed by atoms with E-state index in [-0.39, 0.29) is 6.54 Å². The van der Waals surface area contributed by atoms with Crippen molar-refractivity contribution < 1.29 is 34.2 Å². The molecule has 7 heteroatoms. The van der Waals surface area contributed by atoms with Crippen molar-refractivity contribution in [3.8, 4) is 0 Å². The molecule has 3 atom stereocenters. The van der Waals surface area contributed by atoms with Gasteiger partial charge < -0.3 is 15.3 Å². The molecule has 0 bridgehead atoms. The third-order valence-corrected chi connectivity index (χ3v) is 5.54. The average molecular weight is 387 g/mol. The molecule has 0 aliphatic heterocycles. The van der Waals surface area contributed by atoms with E-state index in [0.717, 1.165) is 12.8 Å². The number of allylic oxidation sites excluding steroid dienone is 2. The zero-order chi connectivity index (χ0) is 21.0. The minimum atomic E-state index is -1.19. The van der Waals surface area contributed by atoms with Crippen molar-refractivity contribution in [3.05, 3.63) is 12.2 Å². The highest BCUT2D eigenvalue weighted by molar-refractivity contribution is 5.77. The Morgan fingerprint density at radius 3 is 1.52 bits per heavy atom. The fourth-order valence-electron chi connectivity index (χ4n) is 3.61. The van der Waals surface area contributed by atoms with Gasteiger partial charge in [0.25, 0.3) is 0 Å². The van der Waals surface area contributed by atoms with Gasteiger partial charge in [0.15, 0.2) is 18.1 Å². The third kappa shape index (κ3) is 7.33. The maximum atomic E-state index is 11.6. The van der Waals surface area contributed by atoms with Crippen LogP contribution in [-0.4, -0.2) is 62.4 Å². The van der Waals surface area contributed by atoms with Gasteiger partial charge in [-0.05, 0) is 40.0 Å². The maximum absolute atomic E-state index is 11.6. The van der Waals surface area contributed by atoms with Gasteiger partial charge in [0.05, 0.1) is 6.54 Å². The number of quaternary nitrogens is 1. The van der Waals surface area contributed by atoms with Gasteiger partial charge in [0, 0.05) is 6.42 Å². The van der Waals surface area contributed by atoms with E-state index in [2.05, 4.69) is 13.0 Å². The van der Waals surface area contributed by atoms with Gasteiger partial charge >= 0.3 is 17.9 Å². The molecule has 0 fully saturated rings. The Bertz CT molecular complexity index is 466. The molecule has 3 N–H and O–H groups in total. The van der Waals surface area contributed by atoms with Crippen molar-refractivity contribution in [2.24, 2.45) is 0 Å². The van der Waals surface area contributed by atoms with Crippen LogP contribution in [0.3, 0.4) is 0 Å². The van der Waals surface area contributed by atoms with E-state index in [9.17, 15) is 29.7 Å². The SMILES string of the molecule is CCCCCC/C=C/CCC[N+](C(C)C(=O)O)(C(C)C(=O)O)C(C)C(=O)O. The maximum Gasteiger partial charge on any atom is 0.362 e. The van der Waals surface area contributed by atoms with Crippen molar-refractivity contribution in [1.29, 1.82) is 0 Å². The standard InChI is InChI=1S/C20H35NO6/c1-5-6-7-8-9-10-11-12-13-14-21(15(2)18(22)23,16(3)19(24)25)17(4)20(26)27/h10-11,15-17H,5-9,12-14H2,1-4H3,(H2-,22,23,24,25,26,27)/p+1/b11-10+. The third-order valence-electron chi connectivity index (χ3n) is 5.54. The molecule has 3 unspecified atom stereocenters. The number of carboxylic acids is 3. The van der Waals surface area contributed by atoms with E-state index in [4.69, 9.17) is 0 Å². The van der Waals surface area contributed by atoms with Gasteiger partial charge in [-0.1, -0.05) is 38.3 Å². The summed E-state index contributed by atoms with van der Waals surface area (Å²) in [5.74, 6) is -3.58. The summed E-state index contributed by atoms with van der Waals surface area (Å²) in [4.78, 5) is 34.9. The second-order valence-corrected chi connectivity index (χ2v) is 7.22. The second-order valence-electron chi connectivity index (χ2n) is 7.22. The lowest BCUT2D eigenvalue weighted by Crippen LogP contribution is -2.70. The van der Waals surface area contributed by atoms with Gasteiger partial charge in [-0.2, -0.15) is 0 Å². The van der Waals surface area contributed by atoms with Crippen LogP contribution in [0.1, 0.15) is 72.6 Å². The van der Waals surface area contributed by atoms with Crippen LogP contribution >= 0.6 is 0 Å². The molecule has 0 saturated carbocycles. The summed E-state index contributed by atoms with van der Waals surface area (Å²) in [7, 11) is 0. The van der Waals surface area contributed by atoms with E-state index in [1.54, 1.807) is 0 Å². The largest absolute Gasteiger partial charge is 0.477 e. The highest BCUT2D eigenvalue weighted by Crippen LogP contribution is 2.27. The minimum absolute atomic E-state index is 0.175. The minimum Gasteiger partial charge on any atom is -0.477 e. The molecule has 0 rings (SSSR count). The number of carbonyl (C=O) groups is 3. The fourth-order valence-corrected chi connectivity index (χ4v) is 3.61. The lowest BCUT2D eigenvalue weighted by Gasteiger charge is -2.47. The van der Waals surface area contributed by atoms with Crippen LogP contribution in [0.15, 0.2) is 12.2 Å². The Hall–Kier alpha value is -1.89. The molecular formula is C20H36NO6+. The van der Waals surface area contributed by atoms with Crippen molar-refractivity contribution in [3.63, 3.8) is 0 Å². The first-order valence-corrected chi connectivity index (χ1v) is 9.83. The van der Waals surface area contributed by atoms with Crippen LogP contribution < -0.4 is 0 Å². The highest BCUT2D eigenvalue weighted by atomic mass is 16.4. The zero-order valence-electron chi connectivity index (χ0n) is 17.1. The van der Waals surface area contributed by atoms with Crippen LogP contribution in [-0.2, 0) is 14.4 Å². The van der Waals surface area contributed by atoms with Crippen LogP contribution in [0.2, 0.25) is 0 Å². The monoisotopic (exact) mass is 386 g/mol. The zero-order valence-corrected chi connectivity index (χ0v) is 17.1. The number of rotatable bonds is 15. The van der Waals surface area contributed by atoms with Gasteiger partial charge in [0.2, 0.25) is 0 Å². The number of aliphatic carboxylic acids is 3. The van der Waals surface area contributed by atoms with E-state index in [1.165, 1.54) is 40.0 Å². The molecule has 0 aromatic rings. The fraction of sp³-hybridized carbons (Fsp3) is 0.750. The highest BCUT2D eigenvalue weighted by Gasteiger charge is 2.52. The Morgan fingerprint density at radius 2 is 1.15 bits per heavy atom. The Balaban J connectivity index is 5.19. The first-order chi connectivity index (χ1) is 12.6. The first kappa shape index (κ1) is 25.1. The van der Waals surface area contributed by atoms with Crippen LogP contribution in [0.4, 0.5) is 0 Å². The summed E-state index contributed by atoms with van der Waals surface area (Å²) in [6.07, 6.45) is 11.0. The number of hydrogen-bond acceptors (Lipinski definition) is 3. The number of nitrogens with zero attached hydrogens (tertiary/aromatic N) is 1. The summed E-state index contributed by atoms with van der Waals surface area (Å²) in [5, 5.41) is 28.5. The molecule has 0 saturated heterocycles. The van der Waals surface area contributed by atoms with Gasteiger partial charge in [0.1, 0.15) is 0 Å². The molecule has 0 spiro atoms. The number of hydrogen-bond donors (Lipinski definition) is 3. The Labute approximate surface area is 162 Å². The summed E-state index contributed by atoms with van der Waals surface area (Å²) in [6, 6.07) is -3.42. The summed E-state index contributed by atoms with van der Waals surface area (Å²) < 4.78 is -0.510. The molecule has 0 aromatic heterocycles. The molecule has 0 amide bonds. The lowest BCUT2D eigenvalue weighted by atomic mass is 10.0. The summed E-state index contributed by atoms with van der Waals surface area (Å²) in [5.41, 5.74) is 0. The summed E-state index contributed by atoms with van der Waals surface area (Å²) >= 11 is 0. The topological polar surface area (TPSA) is 112 Å². The van der Waals surface area contributed by atoms with E-state index in [1.807, 2.05) is 6.08 Å². The predicted octanol–water partition coefficient (Wildman–Crippen LogP) is 3.53. The van der Waals surface area contributed by atoms with Gasteiger partial charge in [-0.25, -0.2) is 14.4 Å². The predicted molar refractivity (Wildman–Crippen MR) is 104 cm³/mol. The van der Waals surface area contributed by atoms with Crippen molar-refractivity contribution in [2.45, 2.75) is 90.8 Å². The van der Waals surface area contributed by atoms with E-state index >= 15 is 0 Å². The summed E-state index contributed by atoms with van der Waals surface area (Å²) in [6.45, 7) is 6.52. The quantitative estimate of drug-likeness (QED) is 0.225. The smallest absolute Gasteiger partial charge is 0.362 e. The van der Waals surface area contributed by atoms with Crippen molar-refractivity contribution >= 4 is 17.9 Å². The van der Waals surface area contributed by atoms with Gasteiger partial charge in [-0.15, -0.1) is 0 Å².